The third-order valence-electron chi connectivity index (χ3n) is 10.4. The second kappa shape index (κ2) is 36.3. The Bertz CT molecular complexity index is 1030. The largest absolute Gasteiger partial charge is 1.00 e. The minimum atomic E-state index is -5.44. The molecule has 1 rings (SSSR count). The van der Waals surface area contributed by atoms with Gasteiger partial charge in [0.05, 0.1) is 6.61 Å². The first kappa shape index (κ1) is 55.4. The number of carbonyl (C=O) groups excluding carboxylic acids is 3. The topological polar surface area (TPSA) is 181 Å². The van der Waals surface area contributed by atoms with Gasteiger partial charge in [0.1, 0.15) is 18.2 Å². The quantitative estimate of drug-likeness (QED) is 0.0281. The van der Waals surface area contributed by atoms with Crippen molar-refractivity contribution in [3.05, 3.63) is 0 Å². The van der Waals surface area contributed by atoms with E-state index in [1.807, 2.05) is 0 Å². The van der Waals surface area contributed by atoms with Crippen molar-refractivity contribution >= 4 is 25.7 Å². The smallest absolute Gasteiger partial charge is 0.756 e. The molecule has 1 aliphatic heterocycles. The zero-order chi connectivity index (χ0) is 40.6. The Kier molecular flexibility index (Phi) is 35.9. The Morgan fingerprint density at radius 2 is 0.946 bits per heavy atom. The molecule has 0 aliphatic carbocycles. The van der Waals surface area contributed by atoms with Gasteiger partial charge in [-0.3, -0.25) is 18.9 Å². The number of hydrogen-bond acceptors (Lipinski definition) is 10. The maximum absolute atomic E-state index is 13.3. The van der Waals surface area contributed by atoms with E-state index in [2.05, 4.69) is 26.1 Å². The fraction of sp³-hybridized carbons (Fsp3) is 0.929. The molecule has 1 saturated heterocycles. The summed E-state index contributed by atoms with van der Waals surface area (Å²) in [5, 5.41) is 13.0. The van der Waals surface area contributed by atoms with Crippen LogP contribution >= 0.6 is 7.82 Å². The Balaban J connectivity index is 0.0000302. The third kappa shape index (κ3) is 28.8. The predicted molar refractivity (Wildman–Crippen MR) is 214 cm³/mol. The summed E-state index contributed by atoms with van der Waals surface area (Å²) < 4.78 is 34.3. The number of esters is 2. The minimum Gasteiger partial charge on any atom is -0.756 e. The number of rotatable bonds is 36. The first-order chi connectivity index (χ1) is 26.6. The van der Waals surface area contributed by atoms with Crippen molar-refractivity contribution in [3.63, 3.8) is 0 Å². The van der Waals surface area contributed by atoms with Crippen molar-refractivity contribution < 1.29 is 82.1 Å². The maximum atomic E-state index is 13.3. The van der Waals surface area contributed by atoms with Gasteiger partial charge in [0.25, 0.3) is 7.82 Å². The molecule has 1 fully saturated rings. The first-order valence-corrected chi connectivity index (χ1v) is 23.7. The van der Waals surface area contributed by atoms with Gasteiger partial charge in [-0.15, -0.1) is 0 Å². The summed E-state index contributed by atoms with van der Waals surface area (Å²) in [6.45, 7) is 5.76. The van der Waals surface area contributed by atoms with Crippen molar-refractivity contribution in [1.82, 2.24) is 5.32 Å². The normalized spacial score (nSPS) is 20.5. The fourth-order valence-electron chi connectivity index (χ4n) is 7.14. The molecular formula is C42H79NNaO11P. The van der Waals surface area contributed by atoms with Gasteiger partial charge in [-0.25, -0.2) is 0 Å². The van der Waals surface area contributed by atoms with E-state index in [4.69, 9.17) is 18.7 Å². The average Bonchev–Trinajstić information content (AvgIpc) is 3.14. The monoisotopic (exact) mass is 828 g/mol. The Morgan fingerprint density at radius 1 is 0.589 bits per heavy atom. The number of phosphoric acid groups is 1. The molecule has 56 heavy (non-hydrogen) atoms. The maximum Gasteiger partial charge on any atom is 1.00 e. The first-order valence-electron chi connectivity index (χ1n) is 22.2. The second-order valence-electron chi connectivity index (χ2n) is 15.5. The molecule has 0 saturated carbocycles. The van der Waals surface area contributed by atoms with Crippen LogP contribution in [0, 0.1) is 0 Å². The molecule has 0 radical (unpaired) electrons. The molecule has 0 aromatic heterocycles. The van der Waals surface area contributed by atoms with Crippen LogP contribution in [-0.4, -0.2) is 65.1 Å². The zero-order valence-electron chi connectivity index (χ0n) is 35.8. The summed E-state index contributed by atoms with van der Waals surface area (Å²) in [6, 6.07) is -1.36. The van der Waals surface area contributed by atoms with Gasteiger partial charge >= 0.3 is 41.5 Å². The number of nitrogens with one attached hydrogen (secondary N) is 1. The van der Waals surface area contributed by atoms with Gasteiger partial charge in [-0.2, -0.15) is 0 Å². The van der Waals surface area contributed by atoms with Crippen LogP contribution in [0.1, 0.15) is 213 Å². The van der Waals surface area contributed by atoms with Crippen molar-refractivity contribution in [2.45, 2.75) is 244 Å². The Labute approximate surface area is 362 Å². The van der Waals surface area contributed by atoms with Crippen molar-refractivity contribution in [1.29, 1.82) is 0 Å². The van der Waals surface area contributed by atoms with Crippen LogP contribution in [0.2, 0.25) is 0 Å². The van der Waals surface area contributed by atoms with Crippen LogP contribution < -0.4 is 39.8 Å². The molecule has 0 bridgehead atoms. The van der Waals surface area contributed by atoms with E-state index in [9.17, 15) is 33.8 Å². The number of unbranched alkanes of at least 4 members (excludes halogenated alkanes) is 24. The standard InChI is InChI=1S/C42H80NO11P.Na/c1-4-7-10-13-16-19-22-25-28-31-36(45)43-39-41(52-37(46)32-29-26-23-20-17-14-11-8-5-2)40(54-55(48,49)50)35(34-44)51-42(39)53-38(47)33-30-27-24-21-18-15-12-9-6-3;/h35,39-42,44H,4-34H2,1-3H3,(H,43,45)(H2,48,49,50);/q;+1/p-1/t35-,39-,40-,41-,42+;/m1./s1. The van der Waals surface area contributed by atoms with E-state index in [-0.39, 0.29) is 48.8 Å². The predicted octanol–water partition coefficient (Wildman–Crippen LogP) is 6.26. The van der Waals surface area contributed by atoms with E-state index in [0.29, 0.717) is 19.3 Å². The molecule has 1 heterocycles. The van der Waals surface area contributed by atoms with Gasteiger partial charge in [-0.05, 0) is 19.3 Å². The van der Waals surface area contributed by atoms with E-state index in [1.165, 1.54) is 77.0 Å². The molecule has 3 N–H and O–H groups in total. The number of phosphoric ester groups is 1. The van der Waals surface area contributed by atoms with Crippen molar-refractivity contribution in [2.24, 2.45) is 0 Å². The SMILES string of the molecule is CCCCCCCCCCCC(=O)N[C@H]1[C@H](OC(=O)CCCCCCCCCCC)O[C@H](CO)[C@@H](OP(=O)([O-])O)[C@@H]1OC(=O)CCCCCCCCCCC.[Na+]. The summed E-state index contributed by atoms with van der Waals surface area (Å²) in [4.78, 5) is 61.4. The zero-order valence-corrected chi connectivity index (χ0v) is 38.7. The molecule has 0 aromatic carbocycles. The summed E-state index contributed by atoms with van der Waals surface area (Å²) in [7, 11) is -5.44. The molecular weight excluding hydrogens is 748 g/mol. The van der Waals surface area contributed by atoms with Gasteiger partial charge < -0.3 is 38.9 Å². The average molecular weight is 828 g/mol. The molecule has 0 aromatic rings. The Hall–Kier alpha value is -0.560. The van der Waals surface area contributed by atoms with Crippen LogP contribution in [0.3, 0.4) is 0 Å². The number of ether oxygens (including phenoxy) is 3. The summed E-state index contributed by atoms with van der Waals surface area (Å²) >= 11 is 0. The van der Waals surface area contributed by atoms with Crippen LogP contribution in [0.5, 0.6) is 0 Å². The van der Waals surface area contributed by atoms with E-state index in [1.54, 1.807) is 0 Å². The molecule has 14 heteroatoms. The number of amides is 1. The molecule has 1 unspecified atom stereocenters. The number of carbonyl (C=O) groups is 3. The second-order valence-corrected chi connectivity index (χ2v) is 16.7. The van der Waals surface area contributed by atoms with Gasteiger partial charge in [0.15, 0.2) is 6.10 Å². The number of hydrogen-bond donors (Lipinski definition) is 3. The van der Waals surface area contributed by atoms with E-state index in [0.717, 1.165) is 77.0 Å². The van der Waals surface area contributed by atoms with E-state index >= 15 is 0 Å². The molecule has 324 valence electrons. The van der Waals surface area contributed by atoms with Crippen molar-refractivity contribution in [3.8, 4) is 0 Å². The molecule has 1 aliphatic rings. The Morgan fingerprint density at radius 3 is 1.32 bits per heavy atom. The fourth-order valence-corrected chi connectivity index (χ4v) is 7.70. The van der Waals surface area contributed by atoms with Crippen LogP contribution in [-0.2, 0) is 37.7 Å². The minimum absolute atomic E-state index is 0. The number of aliphatic hydroxyl groups is 1. The third-order valence-corrected chi connectivity index (χ3v) is 10.9. The van der Waals surface area contributed by atoms with Gasteiger partial charge in [0.2, 0.25) is 12.2 Å². The van der Waals surface area contributed by atoms with Crippen molar-refractivity contribution in [2.75, 3.05) is 6.61 Å². The molecule has 6 atom stereocenters. The van der Waals surface area contributed by atoms with E-state index < -0.39 is 62.9 Å². The van der Waals surface area contributed by atoms with Crippen LogP contribution in [0.4, 0.5) is 0 Å². The summed E-state index contributed by atoms with van der Waals surface area (Å²) in [5.41, 5.74) is 0. The summed E-state index contributed by atoms with van der Waals surface area (Å²) in [6.07, 6.45) is 22.5. The van der Waals surface area contributed by atoms with Gasteiger partial charge in [-0.1, -0.05) is 175 Å². The molecule has 12 nitrogen and oxygen atoms in total. The molecule has 0 spiro atoms. The summed E-state index contributed by atoms with van der Waals surface area (Å²) in [5.74, 6) is -1.69. The van der Waals surface area contributed by atoms with Gasteiger partial charge in [0, 0.05) is 19.3 Å². The van der Waals surface area contributed by atoms with Crippen LogP contribution in [0.25, 0.3) is 0 Å². The molecule has 1 amide bonds. The number of aliphatic hydroxyl groups excluding tert-OH is 1. The van der Waals surface area contributed by atoms with Crippen LogP contribution in [0.15, 0.2) is 0 Å².